The first-order valence-electron chi connectivity index (χ1n) is 5.66. The summed E-state index contributed by atoms with van der Waals surface area (Å²) < 4.78 is 5.01. The number of carbonyl (C=O) groups excluding carboxylic acids is 1. The molecule has 0 spiro atoms. The van der Waals surface area contributed by atoms with Crippen molar-refractivity contribution in [3.63, 3.8) is 0 Å². The van der Waals surface area contributed by atoms with Crippen LogP contribution < -0.4 is 0 Å². The molecule has 92 valence electrons. The normalized spacial score (nSPS) is 23.9. The van der Waals surface area contributed by atoms with Crippen molar-refractivity contribution in [1.29, 1.82) is 0 Å². The molecule has 0 bridgehead atoms. The molecule has 1 unspecified atom stereocenters. The van der Waals surface area contributed by atoms with Gasteiger partial charge in [0.15, 0.2) is 0 Å². The summed E-state index contributed by atoms with van der Waals surface area (Å²) in [5.74, 6) is 0. The van der Waals surface area contributed by atoms with Crippen LogP contribution in [0.3, 0.4) is 0 Å². The predicted octanol–water partition coefficient (Wildman–Crippen LogP) is 1.70. The molecule has 0 radical (unpaired) electrons. The third-order valence-electron chi connectivity index (χ3n) is 3.31. The van der Waals surface area contributed by atoms with Crippen LogP contribution in [0.1, 0.15) is 18.1 Å². The van der Waals surface area contributed by atoms with E-state index in [9.17, 15) is 9.90 Å². The Kier molecular flexibility index (Phi) is 3.07. The Morgan fingerprint density at radius 3 is 2.82 bits per heavy atom. The molecule has 2 rings (SSSR count). The van der Waals surface area contributed by atoms with E-state index < -0.39 is 5.54 Å². The van der Waals surface area contributed by atoms with Crippen molar-refractivity contribution in [3.05, 3.63) is 35.4 Å². The van der Waals surface area contributed by atoms with E-state index in [1.54, 1.807) is 4.90 Å². The average Bonchev–Trinajstić information content (AvgIpc) is 2.61. The fourth-order valence-corrected chi connectivity index (χ4v) is 1.94. The number of rotatable bonds is 3. The average molecular weight is 235 g/mol. The number of nitrogens with zero attached hydrogens (tertiary/aromatic N) is 1. The fourth-order valence-electron chi connectivity index (χ4n) is 1.94. The van der Waals surface area contributed by atoms with Crippen molar-refractivity contribution >= 4 is 6.09 Å². The highest BCUT2D eigenvalue weighted by Crippen LogP contribution is 2.26. The van der Waals surface area contributed by atoms with Crippen molar-refractivity contribution in [3.8, 4) is 0 Å². The molecular weight excluding hydrogens is 218 g/mol. The van der Waals surface area contributed by atoms with Crippen LogP contribution in [-0.2, 0) is 11.3 Å². The molecule has 1 amide bonds. The first-order chi connectivity index (χ1) is 8.07. The van der Waals surface area contributed by atoms with E-state index >= 15 is 0 Å². The lowest BCUT2D eigenvalue weighted by Gasteiger charge is -2.30. The van der Waals surface area contributed by atoms with E-state index in [-0.39, 0.29) is 19.3 Å². The van der Waals surface area contributed by atoms with Crippen molar-refractivity contribution in [1.82, 2.24) is 4.90 Å². The third kappa shape index (κ3) is 2.13. The van der Waals surface area contributed by atoms with Crippen molar-refractivity contribution in [2.45, 2.75) is 25.9 Å². The van der Waals surface area contributed by atoms with Gasteiger partial charge in [0.05, 0.1) is 13.2 Å². The number of ether oxygens (including phenoxy) is 1. The highest BCUT2D eigenvalue weighted by molar-refractivity contribution is 5.71. The largest absolute Gasteiger partial charge is 0.447 e. The number of cyclic esters (lactones) is 1. The highest BCUT2D eigenvalue weighted by Gasteiger charge is 2.43. The topological polar surface area (TPSA) is 49.8 Å². The summed E-state index contributed by atoms with van der Waals surface area (Å²) in [6, 6.07) is 7.90. The minimum Gasteiger partial charge on any atom is -0.447 e. The molecule has 0 saturated carbocycles. The number of amides is 1. The molecule has 4 nitrogen and oxygen atoms in total. The Morgan fingerprint density at radius 1 is 1.47 bits per heavy atom. The zero-order valence-electron chi connectivity index (χ0n) is 10.1. The lowest BCUT2D eigenvalue weighted by atomic mass is 10.0. The summed E-state index contributed by atoms with van der Waals surface area (Å²) in [5.41, 5.74) is 1.60. The van der Waals surface area contributed by atoms with Gasteiger partial charge in [0.25, 0.3) is 0 Å². The maximum atomic E-state index is 11.7. The van der Waals surface area contributed by atoms with Gasteiger partial charge in [-0.05, 0) is 25.0 Å². The second-order valence-electron chi connectivity index (χ2n) is 4.72. The van der Waals surface area contributed by atoms with Gasteiger partial charge in [0.1, 0.15) is 12.1 Å². The molecule has 1 aliphatic rings. The number of carbonyl (C=O) groups is 1. The van der Waals surface area contributed by atoms with Crippen LogP contribution in [0.25, 0.3) is 0 Å². The van der Waals surface area contributed by atoms with E-state index in [1.807, 2.05) is 38.1 Å². The van der Waals surface area contributed by atoms with Crippen molar-refractivity contribution in [2.75, 3.05) is 13.2 Å². The Bertz CT molecular complexity index is 432. The molecule has 1 saturated heterocycles. The Labute approximate surface area is 101 Å². The molecule has 1 fully saturated rings. The van der Waals surface area contributed by atoms with Crippen LogP contribution in [0.15, 0.2) is 24.3 Å². The summed E-state index contributed by atoms with van der Waals surface area (Å²) in [6.07, 6.45) is -0.357. The van der Waals surface area contributed by atoms with Crippen LogP contribution in [0.2, 0.25) is 0 Å². The fraction of sp³-hybridized carbons (Fsp3) is 0.462. The molecule has 1 aromatic rings. The highest BCUT2D eigenvalue weighted by atomic mass is 16.6. The standard InChI is InChI=1S/C13H17NO3/c1-10-5-3-4-6-11(10)7-14-12(16)17-9-13(14,2)8-15/h3-6,15H,7-9H2,1-2H3. The maximum absolute atomic E-state index is 11.7. The van der Waals surface area contributed by atoms with Crippen LogP contribution in [0.5, 0.6) is 0 Å². The predicted molar refractivity (Wildman–Crippen MR) is 63.6 cm³/mol. The minimum atomic E-state index is -0.612. The molecule has 1 N–H and O–H groups in total. The van der Waals surface area contributed by atoms with Crippen LogP contribution in [0.4, 0.5) is 4.79 Å². The summed E-state index contributed by atoms with van der Waals surface area (Å²) in [5, 5.41) is 9.39. The second-order valence-corrected chi connectivity index (χ2v) is 4.72. The van der Waals surface area contributed by atoms with E-state index in [1.165, 1.54) is 0 Å². The van der Waals surface area contributed by atoms with Gasteiger partial charge in [-0.1, -0.05) is 24.3 Å². The maximum Gasteiger partial charge on any atom is 0.410 e. The first-order valence-corrected chi connectivity index (χ1v) is 5.66. The van der Waals surface area contributed by atoms with Gasteiger partial charge >= 0.3 is 6.09 Å². The number of aryl methyl sites for hydroxylation is 1. The van der Waals surface area contributed by atoms with Crippen LogP contribution >= 0.6 is 0 Å². The van der Waals surface area contributed by atoms with E-state index in [0.29, 0.717) is 6.54 Å². The molecule has 0 aromatic heterocycles. The molecule has 0 aliphatic carbocycles. The van der Waals surface area contributed by atoms with E-state index in [4.69, 9.17) is 4.74 Å². The van der Waals surface area contributed by atoms with Gasteiger partial charge in [0.2, 0.25) is 0 Å². The summed E-state index contributed by atoms with van der Waals surface area (Å²) in [4.78, 5) is 13.2. The summed E-state index contributed by atoms with van der Waals surface area (Å²) in [7, 11) is 0. The number of aliphatic hydroxyl groups is 1. The molecule has 4 heteroatoms. The minimum absolute atomic E-state index is 0.0926. The molecular formula is C13H17NO3. The van der Waals surface area contributed by atoms with Gasteiger partial charge < -0.3 is 9.84 Å². The number of hydrogen-bond acceptors (Lipinski definition) is 3. The Balaban J connectivity index is 2.23. The number of benzene rings is 1. The van der Waals surface area contributed by atoms with Gasteiger partial charge in [0, 0.05) is 0 Å². The molecule has 1 heterocycles. The molecule has 1 aliphatic heterocycles. The summed E-state index contributed by atoms with van der Waals surface area (Å²) >= 11 is 0. The SMILES string of the molecule is Cc1ccccc1CN1C(=O)OCC1(C)CO. The quantitative estimate of drug-likeness (QED) is 0.867. The summed E-state index contributed by atoms with van der Waals surface area (Å²) in [6.45, 7) is 4.46. The monoisotopic (exact) mass is 235 g/mol. The van der Waals surface area contributed by atoms with Crippen molar-refractivity contribution < 1.29 is 14.6 Å². The van der Waals surface area contributed by atoms with Gasteiger partial charge in [-0.3, -0.25) is 4.90 Å². The zero-order chi connectivity index (χ0) is 12.5. The first kappa shape index (κ1) is 11.9. The lowest BCUT2D eigenvalue weighted by molar-refractivity contribution is 0.0956. The van der Waals surface area contributed by atoms with Gasteiger partial charge in [-0.15, -0.1) is 0 Å². The second kappa shape index (κ2) is 4.37. The smallest absolute Gasteiger partial charge is 0.410 e. The van der Waals surface area contributed by atoms with Gasteiger partial charge in [-0.25, -0.2) is 4.79 Å². The van der Waals surface area contributed by atoms with Crippen LogP contribution in [0, 0.1) is 6.92 Å². The number of hydrogen-bond donors (Lipinski definition) is 1. The Morgan fingerprint density at radius 2 is 2.18 bits per heavy atom. The van der Waals surface area contributed by atoms with Crippen LogP contribution in [-0.4, -0.2) is 34.9 Å². The van der Waals surface area contributed by atoms with E-state index in [0.717, 1.165) is 11.1 Å². The Hall–Kier alpha value is -1.55. The van der Waals surface area contributed by atoms with E-state index in [2.05, 4.69) is 0 Å². The van der Waals surface area contributed by atoms with Crippen molar-refractivity contribution in [2.24, 2.45) is 0 Å². The van der Waals surface area contributed by atoms with Gasteiger partial charge in [-0.2, -0.15) is 0 Å². The lowest BCUT2D eigenvalue weighted by Crippen LogP contribution is -2.47. The third-order valence-corrected chi connectivity index (χ3v) is 3.31. The number of aliphatic hydroxyl groups excluding tert-OH is 1. The zero-order valence-corrected chi connectivity index (χ0v) is 10.1. The molecule has 1 aromatic carbocycles. The molecule has 17 heavy (non-hydrogen) atoms. The molecule has 1 atom stereocenters.